The van der Waals surface area contributed by atoms with E-state index in [1.165, 1.54) is 17.8 Å². The maximum atomic E-state index is 4.22. The van der Waals surface area contributed by atoms with Gasteiger partial charge in [0, 0.05) is 13.0 Å². The van der Waals surface area contributed by atoms with Crippen molar-refractivity contribution >= 4 is 11.3 Å². The van der Waals surface area contributed by atoms with Crippen LogP contribution < -0.4 is 5.32 Å². The smallest absolute Gasteiger partial charge is 0.131 e. The van der Waals surface area contributed by atoms with Crippen molar-refractivity contribution in [2.45, 2.75) is 39.7 Å². The van der Waals surface area contributed by atoms with Crippen molar-refractivity contribution in [3.63, 3.8) is 0 Å². The largest absolute Gasteiger partial charge is 0.310 e. The van der Waals surface area contributed by atoms with E-state index >= 15 is 0 Å². The molecule has 0 radical (unpaired) electrons. The van der Waals surface area contributed by atoms with Gasteiger partial charge in [0.05, 0.1) is 0 Å². The van der Waals surface area contributed by atoms with Gasteiger partial charge in [0.1, 0.15) is 10.0 Å². The summed E-state index contributed by atoms with van der Waals surface area (Å²) < 4.78 is 0. The Morgan fingerprint density at radius 1 is 1.33 bits per heavy atom. The zero-order chi connectivity index (χ0) is 10.7. The summed E-state index contributed by atoms with van der Waals surface area (Å²) in [6, 6.07) is 0. The van der Waals surface area contributed by atoms with Gasteiger partial charge in [0.15, 0.2) is 0 Å². The van der Waals surface area contributed by atoms with Crippen LogP contribution in [0, 0.1) is 11.8 Å². The summed E-state index contributed by atoms with van der Waals surface area (Å²) >= 11 is 1.77. The number of rotatable bonds is 6. The minimum Gasteiger partial charge on any atom is -0.310 e. The molecule has 1 aromatic rings. The topological polar surface area (TPSA) is 37.8 Å². The second-order valence-electron chi connectivity index (χ2n) is 4.76. The van der Waals surface area contributed by atoms with Crippen molar-refractivity contribution < 1.29 is 0 Å². The van der Waals surface area contributed by atoms with E-state index in [0.717, 1.165) is 30.4 Å². The standard InChI is InChI=1S/C11H19N3S/c1-8(2)6-12-7-11-14-13-10(15-11)5-9-3-4-9/h8-9,12H,3-7H2,1-2H3. The van der Waals surface area contributed by atoms with Crippen molar-refractivity contribution in [2.75, 3.05) is 6.54 Å². The monoisotopic (exact) mass is 225 g/mol. The van der Waals surface area contributed by atoms with Gasteiger partial charge in [0.2, 0.25) is 0 Å². The summed E-state index contributed by atoms with van der Waals surface area (Å²) in [4.78, 5) is 0. The fraction of sp³-hybridized carbons (Fsp3) is 0.818. The molecule has 1 fully saturated rings. The summed E-state index contributed by atoms with van der Waals surface area (Å²) in [5, 5.41) is 14.2. The van der Waals surface area contributed by atoms with Crippen LogP contribution in [-0.2, 0) is 13.0 Å². The van der Waals surface area contributed by atoms with Gasteiger partial charge < -0.3 is 5.32 Å². The van der Waals surface area contributed by atoms with Gasteiger partial charge in [0.25, 0.3) is 0 Å². The van der Waals surface area contributed by atoms with Crippen molar-refractivity contribution in [3.8, 4) is 0 Å². The first-order chi connectivity index (χ1) is 7.24. The highest BCUT2D eigenvalue weighted by molar-refractivity contribution is 7.11. The number of hydrogen-bond acceptors (Lipinski definition) is 4. The van der Waals surface area contributed by atoms with E-state index in [0.29, 0.717) is 5.92 Å². The molecular weight excluding hydrogens is 206 g/mol. The Bertz CT molecular complexity index is 305. The number of nitrogens with one attached hydrogen (secondary N) is 1. The van der Waals surface area contributed by atoms with Crippen LogP contribution in [0.4, 0.5) is 0 Å². The second kappa shape index (κ2) is 5.03. The molecule has 0 spiro atoms. The molecule has 84 valence electrons. The van der Waals surface area contributed by atoms with Gasteiger partial charge in [-0.2, -0.15) is 0 Å². The van der Waals surface area contributed by atoms with Gasteiger partial charge in [-0.1, -0.05) is 13.8 Å². The average molecular weight is 225 g/mol. The lowest BCUT2D eigenvalue weighted by molar-refractivity contribution is 0.550. The van der Waals surface area contributed by atoms with E-state index in [1.54, 1.807) is 11.3 Å². The zero-order valence-corrected chi connectivity index (χ0v) is 10.3. The molecule has 4 heteroatoms. The maximum absolute atomic E-state index is 4.22. The Kier molecular flexibility index (Phi) is 3.70. The number of nitrogens with zero attached hydrogens (tertiary/aromatic N) is 2. The first-order valence-corrected chi connectivity index (χ1v) is 6.57. The summed E-state index contributed by atoms with van der Waals surface area (Å²) in [6.45, 7) is 6.36. The Balaban J connectivity index is 1.73. The molecule has 1 aliphatic rings. The average Bonchev–Trinajstić information content (AvgIpc) is 2.86. The molecule has 0 bridgehead atoms. The summed E-state index contributed by atoms with van der Waals surface area (Å²) in [5.41, 5.74) is 0. The Morgan fingerprint density at radius 3 is 2.73 bits per heavy atom. The molecule has 3 nitrogen and oxygen atoms in total. The van der Waals surface area contributed by atoms with Crippen LogP contribution in [0.3, 0.4) is 0 Å². The Morgan fingerprint density at radius 2 is 2.07 bits per heavy atom. The molecule has 0 aromatic carbocycles. The predicted octanol–water partition coefficient (Wildman–Crippen LogP) is 2.24. The van der Waals surface area contributed by atoms with Crippen LogP contribution >= 0.6 is 11.3 Å². The van der Waals surface area contributed by atoms with Crippen LogP contribution in [0.25, 0.3) is 0 Å². The van der Waals surface area contributed by atoms with Crippen LogP contribution in [0.1, 0.15) is 36.7 Å². The van der Waals surface area contributed by atoms with Gasteiger partial charge in [-0.3, -0.25) is 0 Å². The lowest BCUT2D eigenvalue weighted by Crippen LogP contribution is -2.18. The van der Waals surface area contributed by atoms with E-state index < -0.39 is 0 Å². The van der Waals surface area contributed by atoms with Crippen molar-refractivity contribution in [1.82, 2.24) is 15.5 Å². The molecule has 1 N–H and O–H groups in total. The van der Waals surface area contributed by atoms with Gasteiger partial charge in [-0.25, -0.2) is 0 Å². The molecule has 0 unspecified atom stereocenters. The van der Waals surface area contributed by atoms with E-state index in [-0.39, 0.29) is 0 Å². The molecule has 0 atom stereocenters. The van der Waals surface area contributed by atoms with E-state index in [1.807, 2.05) is 0 Å². The summed E-state index contributed by atoms with van der Waals surface area (Å²) in [7, 11) is 0. The minimum atomic E-state index is 0.698. The van der Waals surface area contributed by atoms with E-state index in [9.17, 15) is 0 Å². The molecule has 0 saturated heterocycles. The Labute approximate surface area is 95.3 Å². The molecule has 0 amide bonds. The normalized spacial score (nSPS) is 16.2. The fourth-order valence-electron chi connectivity index (χ4n) is 1.48. The lowest BCUT2D eigenvalue weighted by Gasteiger charge is -2.03. The van der Waals surface area contributed by atoms with E-state index in [2.05, 4.69) is 29.4 Å². The van der Waals surface area contributed by atoms with Crippen LogP contribution in [0.5, 0.6) is 0 Å². The lowest BCUT2D eigenvalue weighted by atomic mass is 10.2. The third-order valence-electron chi connectivity index (χ3n) is 2.50. The SMILES string of the molecule is CC(C)CNCc1nnc(CC2CC2)s1. The maximum Gasteiger partial charge on any atom is 0.131 e. The molecule has 2 rings (SSSR count). The quantitative estimate of drug-likeness (QED) is 0.807. The summed E-state index contributed by atoms with van der Waals surface area (Å²) in [5.74, 6) is 1.61. The van der Waals surface area contributed by atoms with Gasteiger partial charge >= 0.3 is 0 Å². The first-order valence-electron chi connectivity index (χ1n) is 5.76. The molecule has 0 aliphatic heterocycles. The van der Waals surface area contributed by atoms with Gasteiger partial charge in [-0.05, 0) is 31.2 Å². The van der Waals surface area contributed by atoms with Crippen molar-refractivity contribution in [2.24, 2.45) is 11.8 Å². The van der Waals surface area contributed by atoms with Crippen molar-refractivity contribution in [1.29, 1.82) is 0 Å². The fourth-order valence-corrected chi connectivity index (χ4v) is 2.41. The van der Waals surface area contributed by atoms with Crippen molar-refractivity contribution in [3.05, 3.63) is 10.0 Å². The molecule has 1 aromatic heterocycles. The number of aromatic nitrogens is 2. The van der Waals surface area contributed by atoms with Gasteiger partial charge in [-0.15, -0.1) is 21.5 Å². The highest BCUT2D eigenvalue weighted by Crippen LogP contribution is 2.33. The molecule has 1 saturated carbocycles. The van der Waals surface area contributed by atoms with Crippen LogP contribution in [0.2, 0.25) is 0 Å². The van der Waals surface area contributed by atoms with E-state index in [4.69, 9.17) is 0 Å². The third-order valence-corrected chi connectivity index (χ3v) is 3.44. The molecular formula is C11H19N3S. The molecule has 15 heavy (non-hydrogen) atoms. The molecule has 1 heterocycles. The highest BCUT2D eigenvalue weighted by atomic mass is 32.1. The highest BCUT2D eigenvalue weighted by Gasteiger charge is 2.23. The number of hydrogen-bond donors (Lipinski definition) is 1. The summed E-state index contributed by atoms with van der Waals surface area (Å²) in [6.07, 6.45) is 3.93. The van der Waals surface area contributed by atoms with Crippen LogP contribution in [0.15, 0.2) is 0 Å². The predicted molar refractivity (Wildman–Crippen MR) is 62.9 cm³/mol. The van der Waals surface area contributed by atoms with Crippen LogP contribution in [-0.4, -0.2) is 16.7 Å². The second-order valence-corrected chi connectivity index (χ2v) is 5.91. The Hall–Kier alpha value is -0.480. The first kappa shape index (κ1) is 11.0. The minimum absolute atomic E-state index is 0.698. The molecule has 1 aliphatic carbocycles. The zero-order valence-electron chi connectivity index (χ0n) is 9.49. The third kappa shape index (κ3) is 3.87.